The van der Waals surface area contributed by atoms with Gasteiger partial charge in [-0.2, -0.15) is 0 Å². The molecule has 0 radical (unpaired) electrons. The van der Waals surface area contributed by atoms with E-state index in [2.05, 4.69) is 134 Å². The highest BCUT2D eigenvalue weighted by molar-refractivity contribution is 6.92. The summed E-state index contributed by atoms with van der Waals surface area (Å²) in [5, 5.41) is 6.06. The number of rotatable bonds is 4. The van der Waals surface area contributed by atoms with Crippen molar-refractivity contribution in [1.29, 1.82) is 0 Å². The molecule has 0 spiro atoms. The van der Waals surface area contributed by atoms with Crippen molar-refractivity contribution in [3.63, 3.8) is 0 Å². The number of nitrogens with zero attached hydrogens (tertiary/aromatic N) is 2. The third kappa shape index (κ3) is 2.74. The highest BCUT2D eigenvalue weighted by atomic mass is 28.3. The first-order chi connectivity index (χ1) is 13.5. The molecule has 0 aromatic heterocycles. The van der Waals surface area contributed by atoms with Crippen molar-refractivity contribution in [1.82, 2.24) is 10.0 Å². The van der Waals surface area contributed by atoms with E-state index >= 15 is 0 Å². The lowest BCUT2D eigenvalue weighted by Crippen LogP contribution is -2.66. The van der Waals surface area contributed by atoms with Crippen molar-refractivity contribution >= 4 is 19.0 Å². The minimum Gasteiger partial charge on any atom is -0.308 e. The third-order valence-corrected chi connectivity index (χ3v) is 10.8. The maximum absolute atomic E-state index is 2.51. The van der Waals surface area contributed by atoms with Gasteiger partial charge in [0, 0.05) is 14.1 Å². The number of hydrogen-bond donors (Lipinski definition) is 0. The summed E-state index contributed by atoms with van der Waals surface area (Å²) in [4.78, 5) is 0. The van der Waals surface area contributed by atoms with Crippen LogP contribution in [0.5, 0.6) is 0 Å². The lowest BCUT2D eigenvalue weighted by Gasteiger charge is -2.48. The van der Waals surface area contributed by atoms with E-state index in [1.165, 1.54) is 22.0 Å². The summed E-state index contributed by atoms with van der Waals surface area (Å²) in [6, 6.07) is 32.8. The fraction of sp³-hybridized carbons (Fsp3) is 0.200. The van der Waals surface area contributed by atoms with Crippen LogP contribution in [0.4, 0.5) is 0 Å². The minimum absolute atomic E-state index is 0.171. The Labute approximate surface area is 169 Å². The Morgan fingerprint density at radius 3 is 1.75 bits per heavy atom. The van der Waals surface area contributed by atoms with Gasteiger partial charge in [0.05, 0.1) is 10.9 Å². The summed E-state index contributed by atoms with van der Waals surface area (Å²) in [7, 11) is 2.40. The Bertz CT molecular complexity index is 967. The largest absolute Gasteiger partial charge is 0.308 e. The Hall–Kier alpha value is -2.62. The summed E-state index contributed by atoms with van der Waals surface area (Å²) >= 11 is 0. The average molecular weight is 385 g/mol. The average Bonchev–Trinajstić information content (AvgIpc) is 3.02. The Morgan fingerprint density at radius 2 is 1.18 bits per heavy atom. The van der Waals surface area contributed by atoms with E-state index in [1.54, 1.807) is 0 Å². The SMILES string of the molecule is CN1C(c2ccccc2)=CC(c2ccccc2)([Si](C)(C)c2ccccc2)N1C. The molecule has 0 aliphatic carbocycles. The fourth-order valence-electron chi connectivity index (χ4n) is 4.65. The number of benzene rings is 3. The maximum atomic E-state index is 2.51. The molecule has 0 amide bonds. The molecule has 1 unspecified atom stereocenters. The molecule has 142 valence electrons. The van der Waals surface area contributed by atoms with Gasteiger partial charge in [0.15, 0.2) is 0 Å². The van der Waals surface area contributed by atoms with Gasteiger partial charge in [-0.25, -0.2) is 5.01 Å². The van der Waals surface area contributed by atoms with Gasteiger partial charge in [0.1, 0.15) is 8.07 Å². The number of likely N-dealkylation sites (N-methyl/N-ethyl adjacent to an activating group) is 1. The topological polar surface area (TPSA) is 6.48 Å². The molecule has 0 N–H and O–H groups in total. The molecule has 28 heavy (non-hydrogen) atoms. The highest BCUT2D eigenvalue weighted by Crippen LogP contribution is 2.46. The third-order valence-electron chi connectivity index (χ3n) is 6.39. The zero-order valence-electron chi connectivity index (χ0n) is 17.1. The summed E-state index contributed by atoms with van der Waals surface area (Å²) < 4.78 is 0. The van der Waals surface area contributed by atoms with Gasteiger partial charge in [-0.05, 0) is 17.2 Å². The van der Waals surface area contributed by atoms with E-state index in [-0.39, 0.29) is 5.16 Å². The Kier molecular flexibility index (Phi) is 4.74. The first kappa shape index (κ1) is 18.7. The molecule has 1 atom stereocenters. The summed E-state index contributed by atoms with van der Waals surface area (Å²) in [6.45, 7) is 4.98. The molecule has 0 saturated carbocycles. The van der Waals surface area contributed by atoms with Crippen LogP contribution in [-0.2, 0) is 5.16 Å². The van der Waals surface area contributed by atoms with Crippen LogP contribution in [0.25, 0.3) is 5.70 Å². The van der Waals surface area contributed by atoms with Crippen LogP contribution in [0.3, 0.4) is 0 Å². The quantitative estimate of drug-likeness (QED) is 0.592. The Morgan fingerprint density at radius 1 is 0.679 bits per heavy atom. The van der Waals surface area contributed by atoms with Gasteiger partial charge >= 0.3 is 0 Å². The van der Waals surface area contributed by atoms with Crippen molar-refractivity contribution in [2.24, 2.45) is 0 Å². The second kappa shape index (κ2) is 7.08. The molecule has 2 nitrogen and oxygen atoms in total. The fourth-order valence-corrected chi connectivity index (χ4v) is 8.46. The van der Waals surface area contributed by atoms with E-state index in [1.807, 2.05) is 0 Å². The van der Waals surface area contributed by atoms with Gasteiger partial charge in [0.2, 0.25) is 0 Å². The summed E-state index contributed by atoms with van der Waals surface area (Å²) in [5.41, 5.74) is 3.88. The predicted molar refractivity (Wildman–Crippen MR) is 122 cm³/mol. The maximum Gasteiger partial charge on any atom is 0.115 e. The van der Waals surface area contributed by atoms with E-state index in [0.717, 1.165) is 0 Å². The molecule has 3 heteroatoms. The van der Waals surface area contributed by atoms with Crippen molar-refractivity contribution in [3.05, 3.63) is 108 Å². The van der Waals surface area contributed by atoms with Crippen molar-refractivity contribution in [3.8, 4) is 0 Å². The second-order valence-electron chi connectivity index (χ2n) is 8.07. The van der Waals surface area contributed by atoms with Crippen molar-refractivity contribution in [2.75, 3.05) is 14.1 Å². The first-order valence-corrected chi connectivity index (χ1v) is 12.9. The molecule has 1 heterocycles. The smallest absolute Gasteiger partial charge is 0.115 e. The van der Waals surface area contributed by atoms with E-state index < -0.39 is 8.07 Å². The molecule has 3 aromatic rings. The molecular formula is C25H28N2Si. The highest BCUT2D eigenvalue weighted by Gasteiger charge is 2.55. The number of hydrazine groups is 1. The second-order valence-corrected chi connectivity index (χ2v) is 12.7. The molecular weight excluding hydrogens is 356 g/mol. The Balaban J connectivity index is 1.99. The van der Waals surface area contributed by atoms with E-state index in [9.17, 15) is 0 Å². The minimum atomic E-state index is -2.01. The molecule has 0 fully saturated rings. The van der Waals surface area contributed by atoms with Crippen LogP contribution >= 0.6 is 0 Å². The van der Waals surface area contributed by atoms with Gasteiger partial charge in [-0.1, -0.05) is 109 Å². The van der Waals surface area contributed by atoms with Gasteiger partial charge in [-0.15, -0.1) is 0 Å². The van der Waals surface area contributed by atoms with Gasteiger partial charge in [-0.3, -0.25) is 0 Å². The molecule has 0 bridgehead atoms. The van der Waals surface area contributed by atoms with Crippen LogP contribution in [0, 0.1) is 0 Å². The lowest BCUT2D eigenvalue weighted by molar-refractivity contribution is 0.0560. The van der Waals surface area contributed by atoms with Crippen molar-refractivity contribution in [2.45, 2.75) is 18.3 Å². The van der Waals surface area contributed by atoms with Crippen LogP contribution < -0.4 is 5.19 Å². The van der Waals surface area contributed by atoms with Gasteiger partial charge in [0.25, 0.3) is 0 Å². The molecule has 1 aliphatic rings. The standard InChI is InChI=1S/C25H28N2Si/c1-26-24(21-14-8-5-9-15-21)20-25(27(26)2,22-16-10-6-11-17-22)28(3,4)23-18-12-7-13-19-23/h5-20H,1-4H3. The monoisotopic (exact) mass is 384 g/mol. The number of hydrogen-bond acceptors (Lipinski definition) is 2. The van der Waals surface area contributed by atoms with Crippen molar-refractivity contribution < 1.29 is 0 Å². The van der Waals surface area contributed by atoms with Crippen LogP contribution in [0.1, 0.15) is 11.1 Å². The van der Waals surface area contributed by atoms with Crippen LogP contribution in [0.2, 0.25) is 13.1 Å². The first-order valence-electron chi connectivity index (χ1n) is 9.85. The molecule has 4 rings (SSSR count). The normalized spacial score (nSPS) is 20.3. The zero-order valence-corrected chi connectivity index (χ0v) is 18.1. The van der Waals surface area contributed by atoms with Crippen LogP contribution in [-0.4, -0.2) is 32.2 Å². The van der Waals surface area contributed by atoms with Gasteiger partial charge < -0.3 is 5.01 Å². The molecule has 3 aromatic carbocycles. The summed E-state index contributed by atoms with van der Waals surface area (Å²) in [5.74, 6) is 0. The predicted octanol–water partition coefficient (Wildman–Crippen LogP) is 4.87. The van der Waals surface area contributed by atoms with E-state index in [4.69, 9.17) is 0 Å². The summed E-state index contributed by atoms with van der Waals surface area (Å²) in [6.07, 6.45) is 2.51. The van der Waals surface area contributed by atoms with E-state index in [0.29, 0.717) is 0 Å². The zero-order chi connectivity index (χ0) is 19.8. The van der Waals surface area contributed by atoms with Crippen LogP contribution in [0.15, 0.2) is 97.1 Å². The molecule has 1 aliphatic heterocycles. The molecule has 0 saturated heterocycles. The lowest BCUT2D eigenvalue weighted by atomic mass is 10.0.